The summed E-state index contributed by atoms with van der Waals surface area (Å²) in [4.78, 5) is 41.0. The molecule has 1 amide bonds. The molecule has 2 heterocycles. The number of aromatic nitrogens is 2. The van der Waals surface area contributed by atoms with Crippen molar-refractivity contribution in [1.29, 1.82) is 0 Å². The van der Waals surface area contributed by atoms with Gasteiger partial charge in [-0.2, -0.15) is 4.31 Å². The van der Waals surface area contributed by atoms with E-state index in [1.807, 2.05) is 13.8 Å². The smallest absolute Gasteiger partial charge is 0.330 e. The van der Waals surface area contributed by atoms with Gasteiger partial charge in [0.05, 0.1) is 4.90 Å². The van der Waals surface area contributed by atoms with Crippen molar-refractivity contribution in [2.45, 2.75) is 63.4 Å². The van der Waals surface area contributed by atoms with Crippen LogP contribution in [0.1, 0.15) is 56.3 Å². The minimum Gasteiger partial charge on any atom is -0.383 e. The Kier molecular flexibility index (Phi) is 7.43. The summed E-state index contributed by atoms with van der Waals surface area (Å²) in [7, 11) is -2.28. The van der Waals surface area contributed by atoms with Crippen molar-refractivity contribution in [3.05, 3.63) is 50.7 Å². The first-order valence-electron chi connectivity index (χ1n) is 11.1. The molecular weight excluding hydrogens is 446 g/mol. The lowest BCUT2D eigenvalue weighted by Crippen LogP contribution is -2.42. The van der Waals surface area contributed by atoms with Gasteiger partial charge >= 0.3 is 5.69 Å². The number of anilines is 2. The molecule has 2 aromatic rings. The normalized spacial score (nSPS) is 17.1. The highest BCUT2D eigenvalue weighted by Crippen LogP contribution is 2.26. The van der Waals surface area contributed by atoms with Crippen molar-refractivity contribution < 1.29 is 13.2 Å². The van der Waals surface area contributed by atoms with Gasteiger partial charge in [0.25, 0.3) is 11.5 Å². The van der Waals surface area contributed by atoms with Gasteiger partial charge in [0.2, 0.25) is 10.0 Å². The van der Waals surface area contributed by atoms with E-state index in [9.17, 15) is 22.8 Å². The zero-order valence-corrected chi connectivity index (χ0v) is 20.0. The zero-order valence-electron chi connectivity index (χ0n) is 19.2. The van der Waals surface area contributed by atoms with E-state index in [0.29, 0.717) is 19.5 Å². The molecule has 1 aromatic heterocycles. The van der Waals surface area contributed by atoms with E-state index in [1.165, 1.54) is 40.2 Å². The van der Waals surface area contributed by atoms with E-state index < -0.39 is 27.2 Å². The minimum absolute atomic E-state index is 0.0747. The molecule has 0 radical (unpaired) electrons. The number of nitrogen functional groups attached to an aromatic ring is 1. The number of aromatic amines is 1. The third kappa shape index (κ3) is 4.88. The molecule has 33 heavy (non-hydrogen) atoms. The maximum absolute atomic E-state index is 13.0. The molecule has 10 nitrogen and oxygen atoms in total. The maximum atomic E-state index is 13.0. The molecule has 1 saturated heterocycles. The highest BCUT2D eigenvalue weighted by atomic mass is 32.2. The zero-order chi connectivity index (χ0) is 24.3. The van der Waals surface area contributed by atoms with Crippen molar-refractivity contribution in [1.82, 2.24) is 13.9 Å². The molecular formula is C22H31N5O5S. The Morgan fingerprint density at radius 3 is 2.48 bits per heavy atom. The molecule has 3 rings (SSSR count). The van der Waals surface area contributed by atoms with Crippen LogP contribution >= 0.6 is 0 Å². The van der Waals surface area contributed by atoms with Crippen LogP contribution in [0.3, 0.4) is 0 Å². The standard InChI is InChI=1S/C22H31N5O5S/c1-4-5-13-26-19(23)18(20(28)24-22(26)30)25(3)21(29)16-9-11-17(12-10-16)33(31,32)27-14-7-6-8-15(27)2/h9-12,15H,4-8,13-14,23H2,1-3H3,(H,24,28,30). The molecule has 0 spiro atoms. The van der Waals surface area contributed by atoms with E-state index in [4.69, 9.17) is 5.73 Å². The summed E-state index contributed by atoms with van der Waals surface area (Å²) in [6.45, 7) is 4.64. The lowest BCUT2D eigenvalue weighted by molar-refractivity contribution is 0.0992. The van der Waals surface area contributed by atoms with Crippen molar-refractivity contribution in [3.8, 4) is 0 Å². The Balaban J connectivity index is 1.89. The third-order valence-electron chi connectivity index (χ3n) is 6.04. The summed E-state index contributed by atoms with van der Waals surface area (Å²) in [6, 6.07) is 5.55. The quantitative estimate of drug-likeness (QED) is 0.623. The SMILES string of the molecule is CCCCn1c(N)c(N(C)C(=O)c2ccc(S(=O)(=O)N3CCCCC3C)cc2)c(=O)[nH]c1=O. The first-order chi connectivity index (χ1) is 15.6. The average molecular weight is 478 g/mol. The molecule has 0 saturated carbocycles. The van der Waals surface area contributed by atoms with Gasteiger partial charge in [-0.15, -0.1) is 0 Å². The summed E-state index contributed by atoms with van der Waals surface area (Å²) in [5.74, 6) is -0.644. The second kappa shape index (κ2) is 9.92. The topological polar surface area (TPSA) is 139 Å². The monoisotopic (exact) mass is 477 g/mol. The van der Waals surface area contributed by atoms with Crippen molar-refractivity contribution in [3.63, 3.8) is 0 Å². The summed E-state index contributed by atoms with van der Waals surface area (Å²) < 4.78 is 28.8. The molecule has 1 aliphatic heterocycles. The highest BCUT2D eigenvalue weighted by molar-refractivity contribution is 7.89. The second-order valence-electron chi connectivity index (χ2n) is 8.35. The van der Waals surface area contributed by atoms with Crippen LogP contribution in [-0.2, 0) is 16.6 Å². The molecule has 11 heteroatoms. The number of hydrogen-bond acceptors (Lipinski definition) is 6. The Bertz CT molecular complexity index is 1230. The summed E-state index contributed by atoms with van der Waals surface area (Å²) in [6.07, 6.45) is 4.14. The number of hydrogen-bond donors (Lipinski definition) is 2. The van der Waals surface area contributed by atoms with E-state index in [2.05, 4.69) is 4.98 Å². The van der Waals surface area contributed by atoms with Crippen LogP contribution < -0.4 is 21.9 Å². The number of carbonyl (C=O) groups excluding carboxylic acids is 1. The molecule has 1 unspecified atom stereocenters. The van der Waals surface area contributed by atoms with Gasteiger partial charge in [0, 0.05) is 31.7 Å². The Hall–Kier alpha value is -2.92. The number of carbonyl (C=O) groups is 1. The molecule has 1 aromatic carbocycles. The van der Waals surface area contributed by atoms with Crippen LogP contribution in [0, 0.1) is 0 Å². The first kappa shape index (κ1) is 24.7. The summed E-state index contributed by atoms with van der Waals surface area (Å²) in [5, 5.41) is 0. The van der Waals surface area contributed by atoms with Crippen LogP contribution in [-0.4, -0.2) is 47.8 Å². The Morgan fingerprint density at radius 1 is 1.21 bits per heavy atom. The number of nitrogens with one attached hydrogen (secondary N) is 1. The van der Waals surface area contributed by atoms with E-state index in [1.54, 1.807) is 0 Å². The molecule has 1 fully saturated rings. The number of amides is 1. The number of nitrogens with two attached hydrogens (primary N) is 1. The van der Waals surface area contributed by atoms with Crippen molar-refractivity contribution >= 4 is 27.4 Å². The second-order valence-corrected chi connectivity index (χ2v) is 10.2. The molecule has 1 aliphatic rings. The fraction of sp³-hybridized carbons (Fsp3) is 0.500. The van der Waals surface area contributed by atoms with Gasteiger partial charge in [-0.1, -0.05) is 19.8 Å². The number of H-pyrrole nitrogens is 1. The van der Waals surface area contributed by atoms with E-state index in [-0.39, 0.29) is 28.0 Å². The molecule has 0 bridgehead atoms. The van der Waals surface area contributed by atoms with Gasteiger partial charge in [-0.25, -0.2) is 13.2 Å². The largest absolute Gasteiger partial charge is 0.383 e. The van der Waals surface area contributed by atoms with Gasteiger partial charge in [0.1, 0.15) is 5.82 Å². The Morgan fingerprint density at radius 2 is 1.88 bits per heavy atom. The molecule has 1 atom stereocenters. The van der Waals surface area contributed by atoms with Crippen molar-refractivity contribution in [2.24, 2.45) is 0 Å². The predicted octanol–water partition coefficient (Wildman–Crippen LogP) is 1.76. The molecule has 3 N–H and O–H groups in total. The predicted molar refractivity (Wildman–Crippen MR) is 127 cm³/mol. The first-order valence-corrected chi connectivity index (χ1v) is 12.6. The summed E-state index contributed by atoms with van der Waals surface area (Å²) >= 11 is 0. The van der Waals surface area contributed by atoms with Crippen LogP contribution in [0.5, 0.6) is 0 Å². The maximum Gasteiger partial charge on any atom is 0.330 e. The van der Waals surface area contributed by atoms with Gasteiger partial charge in [0.15, 0.2) is 5.69 Å². The van der Waals surface area contributed by atoms with Crippen LogP contribution in [0.25, 0.3) is 0 Å². The minimum atomic E-state index is -3.66. The number of piperidine rings is 1. The number of nitrogens with zero attached hydrogens (tertiary/aromatic N) is 3. The highest BCUT2D eigenvalue weighted by Gasteiger charge is 2.31. The molecule has 180 valence electrons. The van der Waals surface area contributed by atoms with Crippen LogP contribution in [0.2, 0.25) is 0 Å². The van der Waals surface area contributed by atoms with E-state index >= 15 is 0 Å². The lowest BCUT2D eigenvalue weighted by Gasteiger charge is -2.32. The average Bonchev–Trinajstić information content (AvgIpc) is 2.78. The van der Waals surface area contributed by atoms with Crippen LogP contribution in [0.4, 0.5) is 11.5 Å². The van der Waals surface area contributed by atoms with Gasteiger partial charge in [-0.3, -0.25) is 19.1 Å². The summed E-state index contributed by atoms with van der Waals surface area (Å²) in [5.41, 5.74) is 4.75. The van der Waals surface area contributed by atoms with Crippen molar-refractivity contribution in [2.75, 3.05) is 24.2 Å². The Labute approximate surface area is 193 Å². The third-order valence-corrected chi connectivity index (χ3v) is 8.07. The number of rotatable bonds is 7. The number of benzene rings is 1. The fourth-order valence-corrected chi connectivity index (χ4v) is 5.77. The van der Waals surface area contributed by atoms with Gasteiger partial charge in [-0.05, 0) is 50.5 Å². The molecule has 0 aliphatic carbocycles. The lowest BCUT2D eigenvalue weighted by atomic mass is 10.1. The number of unbranched alkanes of at least 4 members (excludes halogenated alkanes) is 1. The van der Waals surface area contributed by atoms with Crippen LogP contribution in [0.15, 0.2) is 38.8 Å². The number of sulfonamides is 1. The van der Waals surface area contributed by atoms with Gasteiger partial charge < -0.3 is 10.6 Å². The van der Waals surface area contributed by atoms with E-state index in [0.717, 1.165) is 30.6 Å². The fourth-order valence-electron chi connectivity index (χ4n) is 4.07.